The number of methoxy groups -OCH3 is 1. The van der Waals surface area contributed by atoms with Crippen LogP contribution < -0.4 is 15.8 Å². The number of hydrogen-bond donors (Lipinski definition) is 2. The molecular weight excluding hydrogens is 308 g/mol. The Morgan fingerprint density at radius 3 is 2.74 bits per heavy atom. The van der Waals surface area contributed by atoms with Crippen LogP contribution in [0.25, 0.3) is 0 Å². The average molecular weight is 321 g/mol. The largest absolute Gasteiger partial charge is 0.497 e. The van der Waals surface area contributed by atoms with Gasteiger partial charge in [0.15, 0.2) is 0 Å². The van der Waals surface area contributed by atoms with E-state index in [4.69, 9.17) is 10.5 Å². The number of anilines is 2. The summed E-state index contributed by atoms with van der Waals surface area (Å²) in [4.78, 5) is 12.1. The number of benzene rings is 2. The smallest absolute Gasteiger partial charge is 0.255 e. The van der Waals surface area contributed by atoms with Gasteiger partial charge in [-0.25, -0.2) is 0 Å². The summed E-state index contributed by atoms with van der Waals surface area (Å²) in [6.45, 7) is 0. The predicted octanol–water partition coefficient (Wildman–Crippen LogP) is 3.29. The molecule has 0 aromatic heterocycles. The van der Waals surface area contributed by atoms with E-state index in [2.05, 4.69) is 21.2 Å². The van der Waals surface area contributed by atoms with Crippen LogP contribution in [0, 0.1) is 0 Å². The molecule has 1 amide bonds. The molecule has 98 valence electrons. The molecule has 0 saturated carbocycles. The van der Waals surface area contributed by atoms with Gasteiger partial charge in [0, 0.05) is 16.1 Å². The molecule has 0 bridgehead atoms. The number of ether oxygens (including phenoxy) is 1. The van der Waals surface area contributed by atoms with Crippen molar-refractivity contribution >= 4 is 33.2 Å². The van der Waals surface area contributed by atoms with Crippen LogP contribution in [0.2, 0.25) is 0 Å². The topological polar surface area (TPSA) is 64.3 Å². The van der Waals surface area contributed by atoms with Gasteiger partial charge in [-0.2, -0.15) is 0 Å². The molecule has 0 atom stereocenters. The van der Waals surface area contributed by atoms with Crippen LogP contribution in [-0.2, 0) is 0 Å². The SMILES string of the molecule is COc1ccc(N)c(NC(=O)c2cccc(Br)c2)c1. The third kappa shape index (κ3) is 3.26. The molecule has 0 aliphatic carbocycles. The molecule has 2 aromatic carbocycles. The Hall–Kier alpha value is -2.01. The minimum atomic E-state index is -0.221. The van der Waals surface area contributed by atoms with Crippen molar-refractivity contribution in [2.24, 2.45) is 0 Å². The van der Waals surface area contributed by atoms with Crippen molar-refractivity contribution in [2.45, 2.75) is 0 Å². The van der Waals surface area contributed by atoms with Crippen molar-refractivity contribution < 1.29 is 9.53 Å². The molecule has 2 aromatic rings. The summed E-state index contributed by atoms with van der Waals surface area (Å²) < 4.78 is 5.95. The van der Waals surface area contributed by atoms with Crippen LogP contribution in [0.1, 0.15) is 10.4 Å². The lowest BCUT2D eigenvalue weighted by Gasteiger charge is -2.10. The van der Waals surface area contributed by atoms with Gasteiger partial charge in [0.25, 0.3) is 5.91 Å². The third-order valence-corrected chi connectivity index (χ3v) is 3.09. The molecule has 0 spiro atoms. The number of halogens is 1. The maximum atomic E-state index is 12.1. The molecule has 0 aliphatic rings. The molecule has 0 heterocycles. The minimum Gasteiger partial charge on any atom is -0.497 e. The van der Waals surface area contributed by atoms with Crippen LogP contribution in [0.15, 0.2) is 46.9 Å². The normalized spacial score (nSPS) is 10.0. The zero-order valence-corrected chi connectivity index (χ0v) is 11.9. The highest BCUT2D eigenvalue weighted by atomic mass is 79.9. The first-order valence-electron chi connectivity index (χ1n) is 5.60. The second kappa shape index (κ2) is 5.75. The van der Waals surface area contributed by atoms with E-state index in [1.165, 1.54) is 0 Å². The molecule has 0 fully saturated rings. The van der Waals surface area contributed by atoms with Crippen LogP contribution in [0.3, 0.4) is 0 Å². The van der Waals surface area contributed by atoms with Crippen molar-refractivity contribution in [3.63, 3.8) is 0 Å². The fourth-order valence-corrected chi connectivity index (χ4v) is 1.99. The van der Waals surface area contributed by atoms with Gasteiger partial charge in [-0.3, -0.25) is 4.79 Å². The molecular formula is C14H13BrN2O2. The van der Waals surface area contributed by atoms with Gasteiger partial charge in [0.1, 0.15) is 5.75 Å². The number of carbonyl (C=O) groups is 1. The number of amides is 1. The number of nitrogens with one attached hydrogen (secondary N) is 1. The number of hydrogen-bond acceptors (Lipinski definition) is 3. The maximum Gasteiger partial charge on any atom is 0.255 e. The molecule has 0 saturated heterocycles. The van der Waals surface area contributed by atoms with Crippen molar-refractivity contribution in [1.82, 2.24) is 0 Å². The number of nitrogen functional groups attached to an aromatic ring is 1. The summed E-state index contributed by atoms with van der Waals surface area (Å²) in [5, 5.41) is 2.76. The molecule has 0 unspecified atom stereocenters. The van der Waals surface area contributed by atoms with Gasteiger partial charge in [-0.15, -0.1) is 0 Å². The minimum absolute atomic E-state index is 0.221. The predicted molar refractivity (Wildman–Crippen MR) is 79.5 cm³/mol. The maximum absolute atomic E-state index is 12.1. The van der Waals surface area contributed by atoms with E-state index in [0.29, 0.717) is 22.7 Å². The Balaban J connectivity index is 2.23. The highest BCUT2D eigenvalue weighted by molar-refractivity contribution is 9.10. The summed E-state index contributed by atoms with van der Waals surface area (Å²) >= 11 is 3.33. The van der Waals surface area contributed by atoms with E-state index >= 15 is 0 Å². The van der Waals surface area contributed by atoms with E-state index in [9.17, 15) is 4.79 Å². The first-order valence-corrected chi connectivity index (χ1v) is 6.40. The fourth-order valence-electron chi connectivity index (χ4n) is 1.59. The molecule has 19 heavy (non-hydrogen) atoms. The van der Waals surface area contributed by atoms with Crippen molar-refractivity contribution in [3.05, 3.63) is 52.5 Å². The third-order valence-electron chi connectivity index (χ3n) is 2.60. The monoisotopic (exact) mass is 320 g/mol. The Labute approximate surface area is 119 Å². The molecule has 0 radical (unpaired) electrons. The van der Waals surface area contributed by atoms with Gasteiger partial charge in [0.05, 0.1) is 18.5 Å². The van der Waals surface area contributed by atoms with Crippen molar-refractivity contribution in [1.29, 1.82) is 0 Å². The second-order valence-electron chi connectivity index (χ2n) is 3.92. The summed E-state index contributed by atoms with van der Waals surface area (Å²) in [6.07, 6.45) is 0. The van der Waals surface area contributed by atoms with Crippen LogP contribution in [-0.4, -0.2) is 13.0 Å². The van der Waals surface area contributed by atoms with Crippen molar-refractivity contribution in [3.8, 4) is 5.75 Å². The van der Waals surface area contributed by atoms with Gasteiger partial charge in [-0.05, 0) is 30.3 Å². The quantitative estimate of drug-likeness (QED) is 0.853. The molecule has 3 N–H and O–H groups in total. The summed E-state index contributed by atoms with van der Waals surface area (Å²) in [6, 6.07) is 12.2. The summed E-state index contributed by atoms with van der Waals surface area (Å²) in [5.74, 6) is 0.417. The van der Waals surface area contributed by atoms with E-state index in [1.807, 2.05) is 6.07 Å². The van der Waals surface area contributed by atoms with E-state index in [1.54, 1.807) is 43.5 Å². The van der Waals surface area contributed by atoms with E-state index in [-0.39, 0.29) is 5.91 Å². The van der Waals surface area contributed by atoms with Crippen molar-refractivity contribution in [2.75, 3.05) is 18.2 Å². The first kappa shape index (κ1) is 13.4. The molecule has 2 rings (SSSR count). The Kier molecular flexibility index (Phi) is 4.06. The van der Waals surface area contributed by atoms with E-state index in [0.717, 1.165) is 4.47 Å². The standard InChI is InChI=1S/C14H13BrN2O2/c1-19-11-5-6-12(16)13(8-11)17-14(18)9-3-2-4-10(15)7-9/h2-8H,16H2,1H3,(H,17,18). The van der Waals surface area contributed by atoms with Crippen LogP contribution in [0.5, 0.6) is 5.75 Å². The lowest BCUT2D eigenvalue weighted by Crippen LogP contribution is -2.13. The Bertz CT molecular complexity index is 614. The van der Waals surface area contributed by atoms with Gasteiger partial charge >= 0.3 is 0 Å². The first-order chi connectivity index (χ1) is 9.10. The molecule has 5 heteroatoms. The fraction of sp³-hybridized carbons (Fsp3) is 0.0714. The Morgan fingerprint density at radius 2 is 2.05 bits per heavy atom. The second-order valence-corrected chi connectivity index (χ2v) is 4.83. The van der Waals surface area contributed by atoms with Gasteiger partial charge in [0.2, 0.25) is 0 Å². The highest BCUT2D eigenvalue weighted by Crippen LogP contribution is 2.25. The Morgan fingerprint density at radius 1 is 1.26 bits per heavy atom. The van der Waals surface area contributed by atoms with Crippen LogP contribution >= 0.6 is 15.9 Å². The average Bonchev–Trinajstić information content (AvgIpc) is 2.41. The molecule has 4 nitrogen and oxygen atoms in total. The zero-order valence-electron chi connectivity index (χ0n) is 10.3. The highest BCUT2D eigenvalue weighted by Gasteiger charge is 2.09. The lowest BCUT2D eigenvalue weighted by molar-refractivity contribution is 0.102. The zero-order chi connectivity index (χ0) is 13.8. The molecule has 0 aliphatic heterocycles. The van der Waals surface area contributed by atoms with Gasteiger partial charge < -0.3 is 15.8 Å². The number of carbonyl (C=O) groups excluding carboxylic acids is 1. The summed E-state index contributed by atoms with van der Waals surface area (Å²) in [5.41, 5.74) is 7.40. The number of rotatable bonds is 3. The number of nitrogens with two attached hydrogens (primary N) is 1. The van der Waals surface area contributed by atoms with Gasteiger partial charge in [-0.1, -0.05) is 22.0 Å². The lowest BCUT2D eigenvalue weighted by atomic mass is 10.2. The summed E-state index contributed by atoms with van der Waals surface area (Å²) in [7, 11) is 1.56. The van der Waals surface area contributed by atoms with E-state index < -0.39 is 0 Å². The van der Waals surface area contributed by atoms with Crippen LogP contribution in [0.4, 0.5) is 11.4 Å².